The second-order valence-corrected chi connectivity index (χ2v) is 5.75. The summed E-state index contributed by atoms with van der Waals surface area (Å²) < 4.78 is 0. The molecule has 2 nitrogen and oxygen atoms in total. The van der Waals surface area contributed by atoms with Gasteiger partial charge in [-0.05, 0) is 53.0 Å². The second-order valence-electron chi connectivity index (χ2n) is 5.75. The van der Waals surface area contributed by atoms with Gasteiger partial charge in [0.25, 0.3) is 0 Å². The third kappa shape index (κ3) is 3.95. The highest BCUT2D eigenvalue weighted by atomic mass is 16.3. The van der Waals surface area contributed by atoms with Gasteiger partial charge in [0, 0.05) is 5.41 Å². The largest absolute Gasteiger partial charge is 0.389 e. The van der Waals surface area contributed by atoms with Crippen LogP contribution in [0.15, 0.2) is 35.5 Å². The predicted octanol–water partition coefficient (Wildman–Crippen LogP) is 3.58. The van der Waals surface area contributed by atoms with Crippen LogP contribution in [0.25, 0.3) is 0 Å². The molecule has 0 bridgehead atoms. The summed E-state index contributed by atoms with van der Waals surface area (Å²) in [7, 11) is 0. The summed E-state index contributed by atoms with van der Waals surface area (Å²) in [5.41, 5.74) is 1.97. The number of hydrogen-bond donors (Lipinski definition) is 1. The first-order chi connectivity index (χ1) is 8.35. The van der Waals surface area contributed by atoms with E-state index in [4.69, 9.17) is 0 Å². The van der Waals surface area contributed by atoms with Gasteiger partial charge in [0.1, 0.15) is 0 Å². The van der Waals surface area contributed by atoms with E-state index < -0.39 is 11.5 Å². The third-order valence-corrected chi connectivity index (χ3v) is 3.39. The fourth-order valence-corrected chi connectivity index (χ4v) is 2.19. The average Bonchev–Trinajstić information content (AvgIpc) is 2.28. The molecule has 1 atom stereocenters. The summed E-state index contributed by atoms with van der Waals surface area (Å²) >= 11 is 0. The molecule has 0 aromatic heterocycles. The molecular weight excluding hydrogens is 224 g/mol. The Morgan fingerprint density at radius 2 is 1.78 bits per heavy atom. The van der Waals surface area contributed by atoms with Crippen molar-refractivity contribution in [2.45, 2.75) is 53.1 Å². The Balaban J connectivity index is 3.00. The van der Waals surface area contributed by atoms with Crippen LogP contribution in [0.2, 0.25) is 0 Å². The van der Waals surface area contributed by atoms with Gasteiger partial charge in [-0.1, -0.05) is 29.4 Å². The van der Waals surface area contributed by atoms with Gasteiger partial charge in [-0.3, -0.25) is 4.79 Å². The van der Waals surface area contributed by atoms with Gasteiger partial charge in [-0.25, -0.2) is 0 Å². The summed E-state index contributed by atoms with van der Waals surface area (Å²) in [5, 5.41) is 9.81. The minimum Gasteiger partial charge on any atom is -0.389 e. The Labute approximate surface area is 110 Å². The van der Waals surface area contributed by atoms with E-state index in [0.717, 1.165) is 0 Å². The molecule has 0 unspecified atom stereocenters. The molecule has 1 N–H and O–H groups in total. The van der Waals surface area contributed by atoms with E-state index >= 15 is 0 Å². The highest BCUT2D eigenvalue weighted by molar-refractivity contribution is 5.96. The average molecular weight is 248 g/mol. The van der Waals surface area contributed by atoms with E-state index in [2.05, 4.69) is 12.2 Å². The smallest absolute Gasteiger partial charge is 0.162 e. The van der Waals surface area contributed by atoms with Crippen molar-refractivity contribution in [3.8, 4) is 0 Å². The molecule has 2 heteroatoms. The predicted molar refractivity (Wildman–Crippen MR) is 75.3 cm³/mol. The van der Waals surface area contributed by atoms with Gasteiger partial charge in [-0.15, -0.1) is 0 Å². The zero-order valence-corrected chi connectivity index (χ0v) is 11.9. The molecule has 0 aromatic carbocycles. The van der Waals surface area contributed by atoms with Crippen LogP contribution in [-0.4, -0.2) is 17.0 Å². The summed E-state index contributed by atoms with van der Waals surface area (Å²) in [6.07, 6.45) is 8.79. The molecule has 1 aliphatic rings. The maximum Gasteiger partial charge on any atom is 0.162 e. The molecule has 0 radical (unpaired) electrons. The zero-order valence-electron chi connectivity index (χ0n) is 11.9. The topological polar surface area (TPSA) is 37.3 Å². The molecule has 0 fully saturated rings. The van der Waals surface area contributed by atoms with Crippen molar-refractivity contribution in [2.24, 2.45) is 5.41 Å². The second kappa shape index (κ2) is 6.14. The Hall–Kier alpha value is -1.15. The number of rotatable bonds is 4. The lowest BCUT2D eigenvalue weighted by Gasteiger charge is -2.34. The molecule has 0 aromatic rings. The molecule has 0 saturated carbocycles. The van der Waals surface area contributed by atoms with Gasteiger partial charge >= 0.3 is 0 Å². The molecule has 0 heterocycles. The van der Waals surface area contributed by atoms with Crippen molar-refractivity contribution in [3.05, 3.63) is 35.5 Å². The Morgan fingerprint density at radius 1 is 1.28 bits per heavy atom. The summed E-state index contributed by atoms with van der Waals surface area (Å²) in [6, 6.07) is 0. The van der Waals surface area contributed by atoms with Crippen molar-refractivity contribution < 1.29 is 9.90 Å². The maximum absolute atomic E-state index is 12.2. The maximum atomic E-state index is 12.2. The molecule has 0 saturated heterocycles. The lowest BCUT2D eigenvalue weighted by atomic mass is 9.70. The number of aliphatic hydroxyl groups excluding tert-OH is 1. The van der Waals surface area contributed by atoms with Crippen LogP contribution in [-0.2, 0) is 4.79 Å². The normalized spacial score (nSPS) is 21.6. The van der Waals surface area contributed by atoms with E-state index in [1.807, 2.05) is 27.7 Å². The molecule has 100 valence electrons. The number of allylic oxidation sites excluding steroid dienone is 5. The molecule has 1 aliphatic carbocycles. The lowest BCUT2D eigenvalue weighted by molar-refractivity contribution is -0.126. The minimum atomic E-state index is -0.501. The first-order valence-corrected chi connectivity index (χ1v) is 6.53. The Bertz CT molecular complexity index is 371. The van der Waals surface area contributed by atoms with E-state index in [-0.39, 0.29) is 5.78 Å². The first-order valence-electron chi connectivity index (χ1n) is 6.53. The number of carbonyl (C=O) groups is 1. The van der Waals surface area contributed by atoms with Crippen LogP contribution in [0.1, 0.15) is 47.0 Å². The van der Waals surface area contributed by atoms with Crippen molar-refractivity contribution in [1.82, 2.24) is 0 Å². The molecule has 18 heavy (non-hydrogen) atoms. The van der Waals surface area contributed by atoms with Gasteiger partial charge in [0.05, 0.1) is 6.10 Å². The van der Waals surface area contributed by atoms with Crippen LogP contribution in [0, 0.1) is 5.41 Å². The number of aliphatic hydroxyl groups is 1. The van der Waals surface area contributed by atoms with Crippen LogP contribution >= 0.6 is 0 Å². The van der Waals surface area contributed by atoms with Gasteiger partial charge in [0.15, 0.2) is 5.78 Å². The standard InChI is InChI=1S/C16H24O2/c1-12(2)7-9-16(10-8-13(3)4)11-14(17)5-6-15(16)18/h5-8,14,17H,9-11H2,1-4H3/t14-/m0/s1. The van der Waals surface area contributed by atoms with E-state index in [1.165, 1.54) is 11.1 Å². The molecule has 1 rings (SSSR count). The van der Waals surface area contributed by atoms with Crippen molar-refractivity contribution >= 4 is 5.78 Å². The number of ketones is 1. The lowest BCUT2D eigenvalue weighted by Crippen LogP contribution is -2.36. The monoisotopic (exact) mass is 248 g/mol. The van der Waals surface area contributed by atoms with Crippen molar-refractivity contribution in [3.63, 3.8) is 0 Å². The zero-order chi connectivity index (χ0) is 13.8. The van der Waals surface area contributed by atoms with Crippen molar-refractivity contribution in [1.29, 1.82) is 0 Å². The molecule has 0 aliphatic heterocycles. The quantitative estimate of drug-likeness (QED) is 0.772. The van der Waals surface area contributed by atoms with E-state index in [9.17, 15) is 9.90 Å². The van der Waals surface area contributed by atoms with Gasteiger partial charge in [-0.2, -0.15) is 0 Å². The van der Waals surface area contributed by atoms with E-state index in [0.29, 0.717) is 19.3 Å². The SMILES string of the molecule is CC(C)=CCC1(CC=C(C)C)C[C@@H](O)C=CC1=O. The van der Waals surface area contributed by atoms with E-state index in [1.54, 1.807) is 12.2 Å². The summed E-state index contributed by atoms with van der Waals surface area (Å²) in [4.78, 5) is 12.2. The first kappa shape index (κ1) is 14.9. The van der Waals surface area contributed by atoms with Gasteiger partial charge < -0.3 is 5.11 Å². The number of hydrogen-bond acceptors (Lipinski definition) is 2. The molecular formula is C16H24O2. The Morgan fingerprint density at radius 3 is 2.22 bits per heavy atom. The van der Waals surface area contributed by atoms with Crippen LogP contribution < -0.4 is 0 Å². The van der Waals surface area contributed by atoms with Crippen LogP contribution in [0.3, 0.4) is 0 Å². The number of carbonyl (C=O) groups excluding carboxylic acids is 1. The molecule has 0 amide bonds. The highest BCUT2D eigenvalue weighted by Gasteiger charge is 2.38. The minimum absolute atomic E-state index is 0.141. The van der Waals surface area contributed by atoms with Crippen LogP contribution in [0.4, 0.5) is 0 Å². The van der Waals surface area contributed by atoms with Gasteiger partial charge in [0.2, 0.25) is 0 Å². The highest BCUT2D eigenvalue weighted by Crippen LogP contribution is 2.38. The fourth-order valence-electron chi connectivity index (χ4n) is 2.19. The summed E-state index contributed by atoms with van der Waals surface area (Å²) in [6.45, 7) is 8.14. The third-order valence-electron chi connectivity index (χ3n) is 3.39. The Kier molecular flexibility index (Phi) is 5.09. The fraction of sp³-hybridized carbons (Fsp3) is 0.562. The summed E-state index contributed by atoms with van der Waals surface area (Å²) in [5.74, 6) is 0.141. The van der Waals surface area contributed by atoms with Crippen LogP contribution in [0.5, 0.6) is 0 Å². The molecule has 0 spiro atoms. The van der Waals surface area contributed by atoms with Crippen molar-refractivity contribution in [2.75, 3.05) is 0 Å².